The molecule has 86 valence electrons. The lowest BCUT2D eigenvalue weighted by molar-refractivity contribution is -0.137. The molecule has 0 aromatic heterocycles. The zero-order valence-electron chi connectivity index (χ0n) is 9.51. The first kappa shape index (κ1) is 11.6. The minimum Gasteiger partial charge on any atom is -0.481 e. The van der Waals surface area contributed by atoms with Crippen LogP contribution in [0.3, 0.4) is 0 Å². The average molecular weight is 283 g/mol. The summed E-state index contributed by atoms with van der Waals surface area (Å²) in [5.74, 6) is -0.700. The third-order valence-electron chi connectivity index (χ3n) is 3.42. The molecule has 0 saturated heterocycles. The highest BCUT2D eigenvalue weighted by molar-refractivity contribution is 9.10. The molecule has 0 heterocycles. The number of carbonyl (C=O) groups is 1. The molecule has 0 spiro atoms. The van der Waals surface area contributed by atoms with Gasteiger partial charge in [0, 0.05) is 9.89 Å². The second-order valence-electron chi connectivity index (χ2n) is 4.77. The number of benzene rings is 1. The molecule has 1 fully saturated rings. The summed E-state index contributed by atoms with van der Waals surface area (Å²) in [6.07, 6.45) is 2.24. The molecule has 1 aromatic carbocycles. The molecule has 1 N–H and O–H groups in total. The Labute approximate surface area is 104 Å². The van der Waals surface area contributed by atoms with E-state index in [9.17, 15) is 4.79 Å². The highest BCUT2D eigenvalue weighted by Gasteiger charge is 2.46. The molecular weight excluding hydrogens is 268 g/mol. The SMILES string of the molecule is Cc1cc(C)c(C2(CC(=O)O)CC2)cc1Br. The molecule has 0 bridgehead atoms. The molecule has 0 amide bonds. The van der Waals surface area contributed by atoms with Gasteiger partial charge in [0.1, 0.15) is 0 Å². The van der Waals surface area contributed by atoms with Gasteiger partial charge in [0.15, 0.2) is 0 Å². The fraction of sp³-hybridized carbons (Fsp3) is 0.462. The molecule has 1 saturated carbocycles. The van der Waals surface area contributed by atoms with Crippen molar-refractivity contribution in [2.24, 2.45) is 0 Å². The molecule has 0 aliphatic heterocycles. The van der Waals surface area contributed by atoms with Gasteiger partial charge < -0.3 is 5.11 Å². The number of carboxylic acid groups (broad SMARTS) is 1. The van der Waals surface area contributed by atoms with E-state index in [2.05, 4.69) is 41.9 Å². The first-order valence-electron chi connectivity index (χ1n) is 5.44. The summed E-state index contributed by atoms with van der Waals surface area (Å²) in [5.41, 5.74) is 3.52. The Bertz CT molecular complexity index is 447. The lowest BCUT2D eigenvalue weighted by Gasteiger charge is -2.17. The van der Waals surface area contributed by atoms with Crippen molar-refractivity contribution in [1.29, 1.82) is 0 Å². The second kappa shape index (κ2) is 3.88. The van der Waals surface area contributed by atoms with Crippen molar-refractivity contribution < 1.29 is 9.90 Å². The van der Waals surface area contributed by atoms with Crippen LogP contribution in [0.4, 0.5) is 0 Å². The average Bonchev–Trinajstić information content (AvgIpc) is 2.91. The Hall–Kier alpha value is -0.830. The summed E-state index contributed by atoms with van der Waals surface area (Å²) in [6.45, 7) is 4.12. The Kier molecular flexibility index (Phi) is 2.82. The summed E-state index contributed by atoms with van der Waals surface area (Å²) in [5, 5.41) is 8.95. The highest BCUT2D eigenvalue weighted by atomic mass is 79.9. The van der Waals surface area contributed by atoms with Gasteiger partial charge in [0.2, 0.25) is 0 Å². The van der Waals surface area contributed by atoms with Gasteiger partial charge in [0.25, 0.3) is 0 Å². The van der Waals surface area contributed by atoms with Crippen molar-refractivity contribution >= 4 is 21.9 Å². The molecule has 1 aromatic rings. The molecule has 0 atom stereocenters. The fourth-order valence-corrected chi connectivity index (χ4v) is 2.72. The summed E-state index contributed by atoms with van der Waals surface area (Å²) in [6, 6.07) is 4.22. The molecule has 1 aliphatic rings. The van der Waals surface area contributed by atoms with Gasteiger partial charge in [-0.15, -0.1) is 0 Å². The number of carboxylic acids is 1. The van der Waals surface area contributed by atoms with Gasteiger partial charge in [-0.2, -0.15) is 0 Å². The van der Waals surface area contributed by atoms with Gasteiger partial charge in [-0.25, -0.2) is 0 Å². The van der Waals surface area contributed by atoms with Crippen LogP contribution in [-0.2, 0) is 10.2 Å². The van der Waals surface area contributed by atoms with Crippen LogP contribution in [0.5, 0.6) is 0 Å². The molecule has 16 heavy (non-hydrogen) atoms. The van der Waals surface area contributed by atoms with Crippen LogP contribution >= 0.6 is 15.9 Å². The Morgan fingerprint density at radius 2 is 2.00 bits per heavy atom. The van der Waals surface area contributed by atoms with E-state index in [4.69, 9.17) is 5.11 Å². The largest absolute Gasteiger partial charge is 0.481 e. The fourth-order valence-electron chi connectivity index (χ4n) is 2.38. The van der Waals surface area contributed by atoms with Crippen LogP contribution in [0.25, 0.3) is 0 Å². The normalized spacial score (nSPS) is 17.2. The third-order valence-corrected chi connectivity index (χ3v) is 4.27. The quantitative estimate of drug-likeness (QED) is 0.920. The molecule has 0 radical (unpaired) electrons. The van der Waals surface area contributed by atoms with Gasteiger partial charge in [-0.1, -0.05) is 22.0 Å². The topological polar surface area (TPSA) is 37.3 Å². The summed E-state index contributed by atoms with van der Waals surface area (Å²) in [7, 11) is 0. The summed E-state index contributed by atoms with van der Waals surface area (Å²) < 4.78 is 1.07. The Morgan fingerprint density at radius 3 is 2.50 bits per heavy atom. The third kappa shape index (κ3) is 2.01. The first-order valence-corrected chi connectivity index (χ1v) is 6.23. The number of aliphatic carboxylic acids is 1. The van der Waals surface area contributed by atoms with Gasteiger partial charge in [0.05, 0.1) is 6.42 Å². The van der Waals surface area contributed by atoms with Crippen molar-refractivity contribution in [1.82, 2.24) is 0 Å². The second-order valence-corrected chi connectivity index (χ2v) is 5.62. The smallest absolute Gasteiger partial charge is 0.304 e. The van der Waals surface area contributed by atoms with E-state index in [1.807, 2.05) is 0 Å². The van der Waals surface area contributed by atoms with Crippen molar-refractivity contribution in [2.75, 3.05) is 0 Å². The minimum atomic E-state index is -0.700. The number of aryl methyl sites for hydroxylation is 2. The van der Waals surface area contributed by atoms with E-state index in [1.54, 1.807) is 0 Å². The summed E-state index contributed by atoms with van der Waals surface area (Å²) >= 11 is 3.52. The zero-order valence-corrected chi connectivity index (χ0v) is 11.1. The van der Waals surface area contributed by atoms with E-state index in [0.717, 1.165) is 17.3 Å². The Morgan fingerprint density at radius 1 is 1.38 bits per heavy atom. The number of hydrogen-bond donors (Lipinski definition) is 1. The number of rotatable bonds is 3. The molecule has 2 rings (SSSR count). The maximum Gasteiger partial charge on any atom is 0.304 e. The van der Waals surface area contributed by atoms with E-state index in [1.165, 1.54) is 16.7 Å². The van der Waals surface area contributed by atoms with Crippen LogP contribution < -0.4 is 0 Å². The van der Waals surface area contributed by atoms with E-state index < -0.39 is 5.97 Å². The van der Waals surface area contributed by atoms with Gasteiger partial charge in [-0.3, -0.25) is 4.79 Å². The monoisotopic (exact) mass is 282 g/mol. The van der Waals surface area contributed by atoms with E-state index >= 15 is 0 Å². The van der Waals surface area contributed by atoms with Crippen molar-refractivity contribution in [3.63, 3.8) is 0 Å². The molecule has 3 heteroatoms. The maximum atomic E-state index is 10.9. The van der Waals surface area contributed by atoms with E-state index in [-0.39, 0.29) is 11.8 Å². The first-order chi connectivity index (χ1) is 7.44. The number of hydrogen-bond acceptors (Lipinski definition) is 1. The van der Waals surface area contributed by atoms with Crippen LogP contribution in [0, 0.1) is 13.8 Å². The standard InChI is InChI=1S/C13H15BrO2/c1-8-5-9(2)11(14)6-10(8)13(3-4-13)7-12(15)16/h5-6H,3-4,7H2,1-2H3,(H,15,16). The lowest BCUT2D eigenvalue weighted by Crippen LogP contribution is -2.14. The van der Waals surface area contributed by atoms with Crippen LogP contribution in [-0.4, -0.2) is 11.1 Å². The lowest BCUT2D eigenvalue weighted by atomic mass is 9.88. The molecular formula is C13H15BrO2. The van der Waals surface area contributed by atoms with Crippen molar-refractivity contribution in [3.8, 4) is 0 Å². The van der Waals surface area contributed by atoms with Crippen LogP contribution in [0.2, 0.25) is 0 Å². The van der Waals surface area contributed by atoms with Crippen molar-refractivity contribution in [3.05, 3.63) is 33.3 Å². The van der Waals surface area contributed by atoms with Crippen LogP contribution in [0.1, 0.15) is 36.0 Å². The molecule has 0 unspecified atom stereocenters. The predicted octanol–water partition coefficient (Wildman–Crippen LogP) is 3.57. The zero-order chi connectivity index (χ0) is 11.9. The van der Waals surface area contributed by atoms with E-state index in [0.29, 0.717) is 0 Å². The maximum absolute atomic E-state index is 10.9. The van der Waals surface area contributed by atoms with Gasteiger partial charge >= 0.3 is 5.97 Å². The highest BCUT2D eigenvalue weighted by Crippen LogP contribution is 2.52. The minimum absolute atomic E-state index is 0.0911. The van der Waals surface area contributed by atoms with Crippen LogP contribution in [0.15, 0.2) is 16.6 Å². The predicted molar refractivity (Wildman–Crippen MR) is 66.8 cm³/mol. The molecule has 1 aliphatic carbocycles. The molecule has 2 nitrogen and oxygen atoms in total. The number of halogens is 1. The van der Waals surface area contributed by atoms with Crippen molar-refractivity contribution in [2.45, 2.75) is 38.5 Å². The summed E-state index contributed by atoms with van der Waals surface area (Å²) in [4.78, 5) is 10.9. The van der Waals surface area contributed by atoms with Gasteiger partial charge in [-0.05, 0) is 49.4 Å². The Balaban J connectivity index is 2.41.